The van der Waals surface area contributed by atoms with Gasteiger partial charge in [0.1, 0.15) is 5.75 Å². The van der Waals surface area contributed by atoms with Crippen LogP contribution in [0.2, 0.25) is 0 Å². The number of hydrogen-bond donors (Lipinski definition) is 0. The molecule has 1 aromatic heterocycles. The van der Waals surface area contributed by atoms with Crippen LogP contribution in [0.3, 0.4) is 0 Å². The van der Waals surface area contributed by atoms with Crippen LogP contribution in [-0.4, -0.2) is 15.9 Å². The van der Waals surface area contributed by atoms with Crippen molar-refractivity contribution in [3.63, 3.8) is 0 Å². The Hall–Kier alpha value is -2.17. The molecule has 0 aliphatic heterocycles. The fraction of sp³-hybridized carbons (Fsp3) is 0.357. The molecule has 5 nitrogen and oxygen atoms in total. The van der Waals surface area contributed by atoms with Gasteiger partial charge in [-0.1, -0.05) is 12.1 Å². The number of ether oxygens (including phenoxy) is 1. The molecule has 1 heterocycles. The molecular weight excluding hydrogens is 244 g/mol. The van der Waals surface area contributed by atoms with Crippen molar-refractivity contribution in [3.8, 4) is 5.75 Å². The van der Waals surface area contributed by atoms with Crippen molar-refractivity contribution in [2.75, 3.05) is 0 Å². The molecule has 0 N–H and O–H groups in total. The van der Waals surface area contributed by atoms with Crippen molar-refractivity contribution >= 4 is 5.78 Å². The summed E-state index contributed by atoms with van der Waals surface area (Å²) in [7, 11) is 0. The highest BCUT2D eigenvalue weighted by molar-refractivity contribution is 5.94. The molecule has 0 unspecified atom stereocenters. The summed E-state index contributed by atoms with van der Waals surface area (Å²) in [6, 6.07) is 6.97. The predicted molar refractivity (Wildman–Crippen MR) is 69.1 cm³/mol. The number of carbonyl (C=O) groups excluding carboxylic acids is 1. The van der Waals surface area contributed by atoms with Gasteiger partial charge in [0.25, 0.3) is 0 Å². The minimum absolute atomic E-state index is 0.0360. The van der Waals surface area contributed by atoms with Crippen LogP contribution in [-0.2, 0) is 13.0 Å². The summed E-state index contributed by atoms with van der Waals surface area (Å²) in [5.41, 5.74) is 0.664. The summed E-state index contributed by atoms with van der Waals surface area (Å²) in [4.78, 5) is 15.3. The average molecular weight is 260 g/mol. The maximum Gasteiger partial charge on any atom is 0.226 e. The van der Waals surface area contributed by atoms with Gasteiger partial charge in [-0.2, -0.15) is 4.98 Å². The van der Waals surface area contributed by atoms with Gasteiger partial charge in [-0.3, -0.25) is 4.79 Å². The van der Waals surface area contributed by atoms with E-state index in [0.717, 1.165) is 12.8 Å². The molecule has 100 valence electrons. The largest absolute Gasteiger partial charge is 0.485 e. The third-order valence-corrected chi connectivity index (χ3v) is 2.60. The van der Waals surface area contributed by atoms with Crippen molar-refractivity contribution < 1.29 is 14.1 Å². The fourth-order valence-corrected chi connectivity index (χ4v) is 1.60. The maximum absolute atomic E-state index is 11.1. The highest BCUT2D eigenvalue weighted by atomic mass is 16.5. The molecule has 1 aromatic carbocycles. The van der Waals surface area contributed by atoms with E-state index in [1.54, 1.807) is 24.3 Å². The van der Waals surface area contributed by atoms with Gasteiger partial charge in [0, 0.05) is 12.0 Å². The lowest BCUT2D eigenvalue weighted by Gasteiger charge is -2.03. The van der Waals surface area contributed by atoms with Gasteiger partial charge in [0.2, 0.25) is 11.7 Å². The van der Waals surface area contributed by atoms with Gasteiger partial charge < -0.3 is 9.26 Å². The van der Waals surface area contributed by atoms with Crippen LogP contribution in [0.25, 0.3) is 0 Å². The van der Waals surface area contributed by atoms with Crippen LogP contribution < -0.4 is 4.74 Å². The second kappa shape index (κ2) is 6.13. The molecule has 0 bridgehead atoms. The molecule has 0 saturated heterocycles. The minimum Gasteiger partial charge on any atom is -0.485 e. The molecule has 5 heteroatoms. The lowest BCUT2D eigenvalue weighted by molar-refractivity contribution is 0.101. The third kappa shape index (κ3) is 3.64. The highest BCUT2D eigenvalue weighted by Crippen LogP contribution is 2.14. The second-order valence-corrected chi connectivity index (χ2v) is 4.22. The average Bonchev–Trinajstić information content (AvgIpc) is 2.85. The number of nitrogens with zero attached hydrogens (tertiary/aromatic N) is 2. The molecule has 0 aliphatic carbocycles. The van der Waals surface area contributed by atoms with Gasteiger partial charge in [0.15, 0.2) is 12.4 Å². The van der Waals surface area contributed by atoms with E-state index < -0.39 is 0 Å². The fourth-order valence-electron chi connectivity index (χ4n) is 1.60. The van der Waals surface area contributed by atoms with E-state index in [1.165, 1.54) is 6.92 Å². The summed E-state index contributed by atoms with van der Waals surface area (Å²) >= 11 is 0. The smallest absolute Gasteiger partial charge is 0.226 e. The van der Waals surface area contributed by atoms with Gasteiger partial charge in [-0.05, 0) is 37.6 Å². The number of carbonyl (C=O) groups is 1. The minimum atomic E-state index is 0.0360. The summed E-state index contributed by atoms with van der Waals surface area (Å²) < 4.78 is 10.6. The molecular formula is C14H16N2O3. The van der Waals surface area contributed by atoms with E-state index in [0.29, 0.717) is 23.0 Å². The second-order valence-electron chi connectivity index (χ2n) is 4.22. The van der Waals surface area contributed by atoms with Crippen LogP contribution in [0.15, 0.2) is 28.8 Å². The monoisotopic (exact) mass is 260 g/mol. The topological polar surface area (TPSA) is 65.2 Å². The normalized spacial score (nSPS) is 10.4. The van der Waals surface area contributed by atoms with Gasteiger partial charge in [-0.15, -0.1) is 0 Å². The molecule has 2 rings (SSSR count). The number of Topliss-reactive ketones (excluding diaryl/α,β-unsaturated/α-hetero) is 1. The van der Waals surface area contributed by atoms with Gasteiger partial charge in [-0.25, -0.2) is 0 Å². The standard InChI is InChI=1S/C14H16N2O3/c1-3-4-14-15-13(16-19-14)9-18-12-7-5-11(6-8-12)10(2)17/h5-8H,3-4,9H2,1-2H3. The number of rotatable bonds is 6. The summed E-state index contributed by atoms with van der Waals surface area (Å²) in [5.74, 6) is 1.87. The Labute approximate surface area is 111 Å². The summed E-state index contributed by atoms with van der Waals surface area (Å²) in [6.07, 6.45) is 1.75. The maximum atomic E-state index is 11.1. The third-order valence-electron chi connectivity index (χ3n) is 2.60. The Morgan fingerprint density at radius 3 is 2.68 bits per heavy atom. The molecule has 0 radical (unpaired) electrons. The van der Waals surface area contributed by atoms with Crippen molar-refractivity contribution in [2.45, 2.75) is 33.3 Å². The first-order valence-corrected chi connectivity index (χ1v) is 6.24. The summed E-state index contributed by atoms with van der Waals surface area (Å²) in [6.45, 7) is 3.84. The SMILES string of the molecule is CCCc1nc(COc2ccc(C(C)=O)cc2)no1. The van der Waals surface area contributed by atoms with E-state index in [1.807, 2.05) is 0 Å². The van der Waals surface area contributed by atoms with E-state index in [9.17, 15) is 4.79 Å². The number of benzene rings is 1. The Morgan fingerprint density at radius 2 is 2.05 bits per heavy atom. The first kappa shape index (κ1) is 13.3. The lowest BCUT2D eigenvalue weighted by Crippen LogP contribution is -1.98. The summed E-state index contributed by atoms with van der Waals surface area (Å²) in [5, 5.41) is 3.83. The quantitative estimate of drug-likeness (QED) is 0.747. The molecule has 0 aliphatic rings. The Bertz CT molecular complexity index is 546. The van der Waals surface area contributed by atoms with Crippen LogP contribution >= 0.6 is 0 Å². The number of aromatic nitrogens is 2. The van der Waals surface area contributed by atoms with Crippen LogP contribution in [0.5, 0.6) is 5.75 Å². The lowest BCUT2D eigenvalue weighted by atomic mass is 10.1. The highest BCUT2D eigenvalue weighted by Gasteiger charge is 2.06. The first-order valence-electron chi connectivity index (χ1n) is 6.24. The van der Waals surface area contributed by atoms with Crippen LogP contribution in [0.1, 0.15) is 42.3 Å². The molecule has 0 fully saturated rings. The van der Waals surface area contributed by atoms with Gasteiger partial charge in [0.05, 0.1) is 0 Å². The Morgan fingerprint density at radius 1 is 1.32 bits per heavy atom. The van der Waals surface area contributed by atoms with Crippen molar-refractivity contribution in [2.24, 2.45) is 0 Å². The van der Waals surface area contributed by atoms with E-state index in [-0.39, 0.29) is 12.4 Å². The Balaban J connectivity index is 1.92. The van der Waals surface area contributed by atoms with Crippen LogP contribution in [0.4, 0.5) is 0 Å². The van der Waals surface area contributed by atoms with Gasteiger partial charge >= 0.3 is 0 Å². The molecule has 2 aromatic rings. The zero-order valence-electron chi connectivity index (χ0n) is 11.0. The molecule has 19 heavy (non-hydrogen) atoms. The Kier molecular flexibility index (Phi) is 4.28. The van der Waals surface area contributed by atoms with Crippen molar-refractivity contribution in [3.05, 3.63) is 41.5 Å². The number of ketones is 1. The first-order chi connectivity index (χ1) is 9.19. The zero-order chi connectivity index (χ0) is 13.7. The molecule has 0 spiro atoms. The van der Waals surface area contributed by atoms with E-state index in [2.05, 4.69) is 17.1 Å². The molecule has 0 atom stereocenters. The van der Waals surface area contributed by atoms with Crippen molar-refractivity contribution in [1.82, 2.24) is 10.1 Å². The predicted octanol–water partition coefficient (Wildman–Crippen LogP) is 2.80. The van der Waals surface area contributed by atoms with E-state index in [4.69, 9.17) is 9.26 Å². The van der Waals surface area contributed by atoms with Crippen molar-refractivity contribution in [1.29, 1.82) is 0 Å². The van der Waals surface area contributed by atoms with Crippen LogP contribution in [0, 0.1) is 0 Å². The molecule has 0 saturated carbocycles. The molecule has 0 amide bonds. The van der Waals surface area contributed by atoms with E-state index >= 15 is 0 Å². The number of hydrogen-bond acceptors (Lipinski definition) is 5. The number of aryl methyl sites for hydroxylation is 1. The zero-order valence-corrected chi connectivity index (χ0v) is 11.0.